The first-order chi connectivity index (χ1) is 5.27. The molecule has 2 N–H and O–H groups in total. The summed E-state index contributed by atoms with van der Waals surface area (Å²) in [5.74, 6) is 0.653. The first-order valence-electron chi connectivity index (χ1n) is 3.31. The van der Waals surface area contributed by atoms with Crippen LogP contribution < -0.4 is 5.32 Å². The molecule has 0 saturated heterocycles. The minimum atomic E-state index is -0.164. The number of hydrogen-bond acceptors (Lipinski definition) is 3. The Morgan fingerprint density at radius 2 is 2.45 bits per heavy atom. The number of furan rings is 1. The highest BCUT2D eigenvalue weighted by Gasteiger charge is 2.10. The van der Waals surface area contributed by atoms with Crippen LogP contribution in [0, 0.1) is 0 Å². The monoisotopic (exact) mass is 175 g/mol. The lowest BCUT2D eigenvalue weighted by Crippen LogP contribution is -2.19. The van der Waals surface area contributed by atoms with Crippen molar-refractivity contribution >= 4 is 11.6 Å². The molecular formula is C7H10ClNO2. The zero-order valence-electron chi connectivity index (χ0n) is 6.17. The first-order valence-corrected chi connectivity index (χ1v) is 3.69. The second-order valence-electron chi connectivity index (χ2n) is 2.17. The van der Waals surface area contributed by atoms with Crippen molar-refractivity contribution < 1.29 is 9.52 Å². The van der Waals surface area contributed by atoms with Crippen LogP contribution in [-0.4, -0.2) is 18.8 Å². The van der Waals surface area contributed by atoms with Gasteiger partial charge >= 0.3 is 0 Å². The SMILES string of the molecule is CN[C@H](CO)c1ccc(Cl)o1. The van der Waals surface area contributed by atoms with Gasteiger partial charge in [0, 0.05) is 0 Å². The van der Waals surface area contributed by atoms with Crippen molar-refractivity contribution in [3.8, 4) is 0 Å². The third-order valence-electron chi connectivity index (χ3n) is 1.47. The zero-order valence-corrected chi connectivity index (χ0v) is 6.93. The molecule has 0 unspecified atom stereocenters. The maximum absolute atomic E-state index is 8.82. The van der Waals surface area contributed by atoms with Crippen molar-refractivity contribution in [2.75, 3.05) is 13.7 Å². The van der Waals surface area contributed by atoms with Crippen LogP contribution >= 0.6 is 11.6 Å². The first kappa shape index (κ1) is 8.59. The topological polar surface area (TPSA) is 45.4 Å². The average molecular weight is 176 g/mol. The van der Waals surface area contributed by atoms with Gasteiger partial charge in [0.25, 0.3) is 0 Å². The van der Waals surface area contributed by atoms with E-state index in [0.29, 0.717) is 11.0 Å². The van der Waals surface area contributed by atoms with E-state index in [1.807, 2.05) is 0 Å². The maximum Gasteiger partial charge on any atom is 0.193 e. The number of hydrogen-bond donors (Lipinski definition) is 2. The Balaban J connectivity index is 2.73. The molecule has 62 valence electrons. The summed E-state index contributed by atoms with van der Waals surface area (Å²) < 4.78 is 5.07. The molecule has 1 rings (SSSR count). The van der Waals surface area contributed by atoms with E-state index < -0.39 is 0 Å². The van der Waals surface area contributed by atoms with E-state index in [2.05, 4.69) is 5.32 Å². The molecule has 1 atom stereocenters. The minimum absolute atomic E-state index is 0.000340. The Bertz CT molecular complexity index is 220. The van der Waals surface area contributed by atoms with Crippen LogP contribution in [0.15, 0.2) is 16.5 Å². The number of nitrogens with one attached hydrogen (secondary N) is 1. The van der Waals surface area contributed by atoms with E-state index in [9.17, 15) is 0 Å². The molecule has 0 spiro atoms. The highest BCUT2D eigenvalue weighted by Crippen LogP contribution is 2.18. The van der Waals surface area contributed by atoms with Crippen molar-refractivity contribution in [3.63, 3.8) is 0 Å². The number of likely N-dealkylation sites (N-methyl/N-ethyl adjacent to an activating group) is 1. The Labute approximate surface area is 70.0 Å². The van der Waals surface area contributed by atoms with Crippen molar-refractivity contribution in [3.05, 3.63) is 23.1 Å². The second-order valence-corrected chi connectivity index (χ2v) is 2.54. The minimum Gasteiger partial charge on any atom is -0.448 e. The fourth-order valence-electron chi connectivity index (χ4n) is 0.839. The van der Waals surface area contributed by atoms with Crippen LogP contribution in [0.2, 0.25) is 5.22 Å². The molecule has 0 aliphatic carbocycles. The summed E-state index contributed by atoms with van der Waals surface area (Å²) in [6.45, 7) is 0.000340. The van der Waals surface area contributed by atoms with Gasteiger partial charge in [-0.3, -0.25) is 0 Å². The predicted octanol–water partition coefficient (Wildman–Crippen LogP) is 1.19. The van der Waals surface area contributed by atoms with Crippen LogP contribution in [0.4, 0.5) is 0 Å². The van der Waals surface area contributed by atoms with Crippen molar-refractivity contribution in [2.24, 2.45) is 0 Å². The van der Waals surface area contributed by atoms with E-state index in [-0.39, 0.29) is 12.6 Å². The van der Waals surface area contributed by atoms with Gasteiger partial charge < -0.3 is 14.8 Å². The average Bonchev–Trinajstić information content (AvgIpc) is 2.39. The van der Waals surface area contributed by atoms with Gasteiger partial charge in [-0.15, -0.1) is 0 Å². The molecule has 0 amide bonds. The lowest BCUT2D eigenvalue weighted by molar-refractivity contribution is 0.233. The Morgan fingerprint density at radius 3 is 2.82 bits per heavy atom. The molecule has 0 fully saturated rings. The van der Waals surface area contributed by atoms with Gasteiger partial charge in [-0.05, 0) is 30.8 Å². The summed E-state index contributed by atoms with van der Waals surface area (Å²) in [4.78, 5) is 0. The van der Waals surface area contributed by atoms with Crippen molar-refractivity contribution in [1.29, 1.82) is 0 Å². The molecule has 0 aliphatic rings. The Hall–Kier alpha value is -0.510. The molecule has 11 heavy (non-hydrogen) atoms. The molecule has 0 aromatic carbocycles. The standard InChI is InChI=1S/C7H10ClNO2/c1-9-5(4-10)6-2-3-7(8)11-6/h2-3,5,9-10H,4H2,1H3/t5-/m1/s1. The maximum atomic E-state index is 8.82. The van der Waals surface area contributed by atoms with Gasteiger partial charge in [0.1, 0.15) is 5.76 Å². The van der Waals surface area contributed by atoms with E-state index in [0.717, 1.165) is 0 Å². The van der Waals surface area contributed by atoms with Gasteiger partial charge in [-0.2, -0.15) is 0 Å². The summed E-state index contributed by atoms with van der Waals surface area (Å²) in [6.07, 6.45) is 0. The molecule has 0 saturated carbocycles. The molecular weight excluding hydrogens is 166 g/mol. The van der Waals surface area contributed by atoms with Gasteiger partial charge in [0.2, 0.25) is 0 Å². The van der Waals surface area contributed by atoms with Crippen molar-refractivity contribution in [1.82, 2.24) is 5.32 Å². The van der Waals surface area contributed by atoms with Crippen LogP contribution in [0.3, 0.4) is 0 Å². The van der Waals surface area contributed by atoms with Gasteiger partial charge in [0.15, 0.2) is 5.22 Å². The molecule has 0 aliphatic heterocycles. The third-order valence-corrected chi connectivity index (χ3v) is 1.67. The zero-order chi connectivity index (χ0) is 8.27. The fourth-order valence-corrected chi connectivity index (χ4v) is 0.991. The lowest BCUT2D eigenvalue weighted by Gasteiger charge is -2.08. The highest BCUT2D eigenvalue weighted by molar-refractivity contribution is 6.28. The van der Waals surface area contributed by atoms with Crippen molar-refractivity contribution in [2.45, 2.75) is 6.04 Å². The summed E-state index contributed by atoms with van der Waals surface area (Å²) in [5.41, 5.74) is 0. The predicted molar refractivity (Wildman–Crippen MR) is 42.6 cm³/mol. The van der Waals surface area contributed by atoms with E-state index >= 15 is 0 Å². The molecule has 3 nitrogen and oxygen atoms in total. The van der Waals surface area contributed by atoms with Gasteiger partial charge in [0.05, 0.1) is 12.6 Å². The molecule has 0 bridgehead atoms. The largest absolute Gasteiger partial charge is 0.448 e. The summed E-state index contributed by atoms with van der Waals surface area (Å²) >= 11 is 5.54. The Kier molecular flexibility index (Phi) is 2.93. The molecule has 1 heterocycles. The number of rotatable bonds is 3. The normalized spacial score (nSPS) is 13.4. The third kappa shape index (κ3) is 1.96. The number of aliphatic hydroxyl groups is 1. The Morgan fingerprint density at radius 1 is 1.73 bits per heavy atom. The summed E-state index contributed by atoms with van der Waals surface area (Å²) in [7, 11) is 1.75. The fraction of sp³-hybridized carbons (Fsp3) is 0.429. The molecule has 1 aromatic heterocycles. The van der Waals surface area contributed by atoms with Crippen LogP contribution in [0.1, 0.15) is 11.8 Å². The lowest BCUT2D eigenvalue weighted by atomic mass is 10.2. The van der Waals surface area contributed by atoms with Gasteiger partial charge in [-0.25, -0.2) is 0 Å². The smallest absolute Gasteiger partial charge is 0.193 e. The summed E-state index contributed by atoms with van der Waals surface area (Å²) in [5, 5.41) is 12.0. The number of aliphatic hydroxyl groups excluding tert-OH is 1. The van der Waals surface area contributed by atoms with Crippen LogP contribution in [0.25, 0.3) is 0 Å². The van der Waals surface area contributed by atoms with Crippen LogP contribution in [0.5, 0.6) is 0 Å². The van der Waals surface area contributed by atoms with Gasteiger partial charge in [-0.1, -0.05) is 0 Å². The molecule has 0 radical (unpaired) electrons. The second kappa shape index (κ2) is 3.76. The van der Waals surface area contributed by atoms with Crippen LogP contribution in [-0.2, 0) is 0 Å². The summed E-state index contributed by atoms with van der Waals surface area (Å²) in [6, 6.07) is 3.22. The molecule has 4 heteroatoms. The van der Waals surface area contributed by atoms with E-state index in [1.165, 1.54) is 0 Å². The quantitative estimate of drug-likeness (QED) is 0.726. The van der Waals surface area contributed by atoms with E-state index in [4.69, 9.17) is 21.1 Å². The van der Waals surface area contributed by atoms with E-state index in [1.54, 1.807) is 19.2 Å². The number of halogens is 1. The molecule has 1 aromatic rings. The highest BCUT2D eigenvalue weighted by atomic mass is 35.5.